The molecule has 0 saturated heterocycles. The van der Waals surface area contributed by atoms with Crippen molar-refractivity contribution in [2.24, 2.45) is 5.73 Å². The average Bonchev–Trinajstić information content (AvgIpc) is 3.28. The molecule has 1 amide bonds. The van der Waals surface area contributed by atoms with Crippen molar-refractivity contribution in [2.45, 2.75) is 19.9 Å². The number of rotatable bonds is 7. The average molecular weight is 390 g/mol. The molecular formula is C21H22N6O2. The van der Waals surface area contributed by atoms with Gasteiger partial charge in [0, 0.05) is 24.7 Å². The van der Waals surface area contributed by atoms with Crippen LogP contribution in [0.5, 0.6) is 0 Å². The minimum absolute atomic E-state index is 0.455. The van der Waals surface area contributed by atoms with E-state index in [2.05, 4.69) is 27.2 Å². The number of carbonyl (C=O) groups excluding carboxylic acids is 1. The molecule has 3 N–H and O–H groups in total. The van der Waals surface area contributed by atoms with E-state index in [0.29, 0.717) is 31.0 Å². The van der Waals surface area contributed by atoms with Crippen molar-refractivity contribution < 1.29 is 9.53 Å². The van der Waals surface area contributed by atoms with Crippen molar-refractivity contribution in [1.29, 1.82) is 0 Å². The number of hydrogen-bond acceptors (Lipinski definition) is 5. The number of benzene rings is 2. The monoisotopic (exact) mass is 390 g/mol. The lowest BCUT2D eigenvalue weighted by molar-refractivity contribution is 0.100. The number of aromatic amines is 1. The lowest BCUT2D eigenvalue weighted by Gasteiger charge is -2.05. The third-order valence-electron chi connectivity index (χ3n) is 4.71. The zero-order chi connectivity index (χ0) is 20.4. The van der Waals surface area contributed by atoms with E-state index in [4.69, 9.17) is 15.5 Å². The van der Waals surface area contributed by atoms with Gasteiger partial charge in [-0.15, -0.1) is 0 Å². The third-order valence-corrected chi connectivity index (χ3v) is 4.71. The van der Waals surface area contributed by atoms with Crippen LogP contribution in [0.2, 0.25) is 0 Å². The van der Waals surface area contributed by atoms with Crippen LogP contribution in [-0.4, -0.2) is 44.4 Å². The van der Waals surface area contributed by atoms with Gasteiger partial charge in [0.2, 0.25) is 5.91 Å². The summed E-state index contributed by atoms with van der Waals surface area (Å²) in [5, 5.41) is 4.64. The Labute approximate surface area is 167 Å². The highest BCUT2D eigenvalue weighted by Crippen LogP contribution is 2.20. The van der Waals surface area contributed by atoms with Crippen LogP contribution in [0.25, 0.3) is 22.4 Å². The van der Waals surface area contributed by atoms with Crippen LogP contribution in [0.15, 0.2) is 42.5 Å². The molecule has 8 heteroatoms. The first kappa shape index (κ1) is 18.8. The van der Waals surface area contributed by atoms with Crippen molar-refractivity contribution in [3.63, 3.8) is 0 Å². The van der Waals surface area contributed by atoms with Crippen molar-refractivity contribution in [3.05, 3.63) is 65.2 Å². The van der Waals surface area contributed by atoms with Gasteiger partial charge in [-0.1, -0.05) is 18.2 Å². The Bertz CT molecular complexity index is 1160. The van der Waals surface area contributed by atoms with Gasteiger partial charge in [-0.2, -0.15) is 5.10 Å². The molecule has 0 bridgehead atoms. The topological polar surface area (TPSA) is 112 Å². The maximum absolute atomic E-state index is 11.3. The van der Waals surface area contributed by atoms with Crippen molar-refractivity contribution in [3.8, 4) is 11.4 Å². The van der Waals surface area contributed by atoms with Crippen LogP contribution >= 0.6 is 0 Å². The molecule has 8 nitrogen and oxygen atoms in total. The number of hydrogen-bond donors (Lipinski definition) is 2. The summed E-state index contributed by atoms with van der Waals surface area (Å²) in [5.41, 5.74) is 9.66. The van der Waals surface area contributed by atoms with E-state index in [1.165, 1.54) is 0 Å². The highest BCUT2D eigenvalue weighted by molar-refractivity contribution is 5.93. The lowest BCUT2D eigenvalue weighted by atomic mass is 10.1. The molecule has 0 radical (unpaired) electrons. The summed E-state index contributed by atoms with van der Waals surface area (Å²) in [5.74, 6) is 1.87. The van der Waals surface area contributed by atoms with Gasteiger partial charge < -0.3 is 15.5 Å². The van der Waals surface area contributed by atoms with Crippen molar-refractivity contribution in [1.82, 2.24) is 24.7 Å². The van der Waals surface area contributed by atoms with Crippen LogP contribution in [0.4, 0.5) is 0 Å². The van der Waals surface area contributed by atoms with E-state index in [9.17, 15) is 4.79 Å². The predicted octanol–water partition coefficient (Wildman–Crippen LogP) is 2.47. The summed E-state index contributed by atoms with van der Waals surface area (Å²) in [6.45, 7) is 3.08. The molecule has 0 fully saturated rings. The number of H-pyrrole nitrogens is 1. The number of primary amides is 1. The maximum atomic E-state index is 11.3. The van der Waals surface area contributed by atoms with E-state index >= 15 is 0 Å². The van der Waals surface area contributed by atoms with Gasteiger partial charge in [0.1, 0.15) is 11.6 Å². The predicted molar refractivity (Wildman–Crippen MR) is 109 cm³/mol. The van der Waals surface area contributed by atoms with E-state index in [-0.39, 0.29) is 0 Å². The molecule has 0 aliphatic rings. The maximum Gasteiger partial charge on any atom is 0.248 e. The summed E-state index contributed by atoms with van der Waals surface area (Å²) < 4.78 is 7.08. The fourth-order valence-corrected chi connectivity index (χ4v) is 3.24. The molecule has 2 aromatic heterocycles. The minimum atomic E-state index is -0.458. The fourth-order valence-electron chi connectivity index (χ4n) is 3.24. The van der Waals surface area contributed by atoms with Gasteiger partial charge in [-0.05, 0) is 36.8 Å². The van der Waals surface area contributed by atoms with Gasteiger partial charge in [-0.25, -0.2) is 14.6 Å². The Balaban J connectivity index is 1.65. The van der Waals surface area contributed by atoms with E-state index in [1.807, 2.05) is 17.7 Å². The van der Waals surface area contributed by atoms with E-state index in [0.717, 1.165) is 33.8 Å². The highest BCUT2D eigenvalue weighted by Gasteiger charge is 2.13. The first-order valence-electron chi connectivity index (χ1n) is 9.31. The number of ether oxygens (including phenoxy) is 1. The molecule has 2 aromatic carbocycles. The number of aromatic nitrogens is 5. The summed E-state index contributed by atoms with van der Waals surface area (Å²) in [6.07, 6.45) is 0.629. The summed E-state index contributed by atoms with van der Waals surface area (Å²) in [4.78, 5) is 23.7. The first-order valence-corrected chi connectivity index (χ1v) is 9.31. The number of methoxy groups -OCH3 is 1. The quantitative estimate of drug-likeness (QED) is 0.503. The van der Waals surface area contributed by atoms with Crippen LogP contribution in [0.1, 0.15) is 27.6 Å². The van der Waals surface area contributed by atoms with Crippen LogP contribution in [0, 0.1) is 6.92 Å². The molecule has 148 valence electrons. The zero-order valence-electron chi connectivity index (χ0n) is 16.3. The fraction of sp³-hybridized carbons (Fsp3) is 0.238. The Hall–Kier alpha value is -3.52. The Morgan fingerprint density at radius 1 is 1.17 bits per heavy atom. The smallest absolute Gasteiger partial charge is 0.248 e. The van der Waals surface area contributed by atoms with Gasteiger partial charge in [0.15, 0.2) is 5.82 Å². The van der Waals surface area contributed by atoms with Gasteiger partial charge in [0.25, 0.3) is 0 Å². The van der Waals surface area contributed by atoms with Gasteiger partial charge in [0.05, 0.1) is 24.2 Å². The molecule has 0 spiro atoms. The molecule has 4 aromatic rings. The number of nitrogens with zero attached hydrogens (tertiary/aromatic N) is 4. The largest absolute Gasteiger partial charge is 0.383 e. The highest BCUT2D eigenvalue weighted by atomic mass is 16.5. The second-order valence-electron chi connectivity index (χ2n) is 6.86. The molecular weight excluding hydrogens is 368 g/mol. The number of nitrogens with two attached hydrogens (primary N) is 1. The SMILES string of the molecule is COCCn1nc(-c2ccc(C(N)=O)cc2)nc1Cc1ccc2nc(C)[nH]c2c1. The molecule has 2 heterocycles. The molecule has 4 rings (SSSR count). The van der Waals surface area contributed by atoms with Gasteiger partial charge >= 0.3 is 0 Å². The number of aryl methyl sites for hydroxylation is 1. The summed E-state index contributed by atoms with van der Waals surface area (Å²) >= 11 is 0. The molecule has 0 aliphatic carbocycles. The Kier molecular flexibility index (Phi) is 5.09. The Morgan fingerprint density at radius 2 is 1.97 bits per heavy atom. The van der Waals surface area contributed by atoms with Crippen LogP contribution in [0.3, 0.4) is 0 Å². The number of carbonyl (C=O) groups is 1. The summed E-state index contributed by atoms with van der Waals surface area (Å²) in [6, 6.07) is 13.1. The number of amides is 1. The zero-order valence-corrected chi connectivity index (χ0v) is 16.3. The standard InChI is InChI=1S/C21H22N6O2/c1-13-23-17-8-3-14(11-18(17)24-13)12-19-25-21(26-27(19)9-10-29-2)16-6-4-15(5-7-16)20(22)28/h3-8,11H,9-10,12H2,1-2H3,(H2,22,28)(H,23,24). The normalized spacial score (nSPS) is 11.2. The molecule has 0 unspecified atom stereocenters. The first-order chi connectivity index (χ1) is 14.0. The minimum Gasteiger partial charge on any atom is -0.383 e. The van der Waals surface area contributed by atoms with Crippen LogP contribution in [-0.2, 0) is 17.7 Å². The number of nitrogens with one attached hydrogen (secondary N) is 1. The third kappa shape index (κ3) is 4.02. The lowest BCUT2D eigenvalue weighted by Crippen LogP contribution is -2.10. The number of imidazole rings is 1. The molecule has 0 aliphatic heterocycles. The molecule has 0 saturated carbocycles. The second kappa shape index (κ2) is 7.84. The van der Waals surface area contributed by atoms with E-state index < -0.39 is 5.91 Å². The van der Waals surface area contributed by atoms with Gasteiger partial charge in [-0.3, -0.25) is 4.79 Å². The van der Waals surface area contributed by atoms with Crippen molar-refractivity contribution >= 4 is 16.9 Å². The second-order valence-corrected chi connectivity index (χ2v) is 6.86. The number of fused-ring (bicyclic) bond motifs is 1. The molecule has 0 atom stereocenters. The Morgan fingerprint density at radius 3 is 2.69 bits per heavy atom. The van der Waals surface area contributed by atoms with Crippen molar-refractivity contribution in [2.75, 3.05) is 13.7 Å². The van der Waals surface area contributed by atoms with E-state index in [1.54, 1.807) is 31.4 Å². The van der Waals surface area contributed by atoms with Crippen LogP contribution < -0.4 is 5.73 Å². The summed E-state index contributed by atoms with van der Waals surface area (Å²) in [7, 11) is 1.66. The molecule has 29 heavy (non-hydrogen) atoms.